The van der Waals surface area contributed by atoms with Crippen LogP contribution in [0.4, 0.5) is 13.2 Å². The van der Waals surface area contributed by atoms with E-state index in [-0.39, 0.29) is 5.91 Å². The van der Waals surface area contributed by atoms with Gasteiger partial charge in [-0.05, 0) is 31.0 Å². The SMILES string of the molecule is CCC[C@H](N)C(=O)NC(C)c1cccc(C(F)(F)F)c1. The van der Waals surface area contributed by atoms with E-state index in [9.17, 15) is 18.0 Å². The van der Waals surface area contributed by atoms with Crippen LogP contribution in [0.5, 0.6) is 0 Å². The number of amides is 1. The van der Waals surface area contributed by atoms with Crippen molar-refractivity contribution in [1.29, 1.82) is 0 Å². The van der Waals surface area contributed by atoms with Crippen molar-refractivity contribution in [3.05, 3.63) is 35.4 Å². The summed E-state index contributed by atoms with van der Waals surface area (Å²) in [7, 11) is 0. The van der Waals surface area contributed by atoms with Gasteiger partial charge in [0, 0.05) is 0 Å². The zero-order valence-corrected chi connectivity index (χ0v) is 11.5. The molecular formula is C14H19F3N2O. The molecular weight excluding hydrogens is 269 g/mol. The molecule has 0 bridgehead atoms. The van der Waals surface area contributed by atoms with Crippen LogP contribution >= 0.6 is 0 Å². The molecule has 1 aromatic carbocycles. The maximum Gasteiger partial charge on any atom is 0.416 e. The van der Waals surface area contributed by atoms with Crippen LogP contribution in [-0.4, -0.2) is 11.9 Å². The highest BCUT2D eigenvalue weighted by Crippen LogP contribution is 2.30. The van der Waals surface area contributed by atoms with Crippen LogP contribution < -0.4 is 11.1 Å². The van der Waals surface area contributed by atoms with Crippen molar-refractivity contribution >= 4 is 5.91 Å². The molecule has 0 radical (unpaired) electrons. The lowest BCUT2D eigenvalue weighted by molar-refractivity contribution is -0.137. The van der Waals surface area contributed by atoms with E-state index in [0.717, 1.165) is 18.6 Å². The average molecular weight is 288 g/mol. The molecule has 0 aliphatic heterocycles. The van der Waals surface area contributed by atoms with Gasteiger partial charge in [-0.2, -0.15) is 13.2 Å². The van der Waals surface area contributed by atoms with Gasteiger partial charge in [0.25, 0.3) is 0 Å². The molecule has 112 valence electrons. The second kappa shape index (κ2) is 6.74. The summed E-state index contributed by atoms with van der Waals surface area (Å²) in [6.45, 7) is 3.54. The lowest BCUT2D eigenvalue weighted by Crippen LogP contribution is -2.41. The number of alkyl halides is 3. The lowest BCUT2D eigenvalue weighted by Gasteiger charge is -2.18. The topological polar surface area (TPSA) is 55.1 Å². The van der Waals surface area contributed by atoms with E-state index in [0.29, 0.717) is 12.0 Å². The first kappa shape index (κ1) is 16.5. The smallest absolute Gasteiger partial charge is 0.348 e. The van der Waals surface area contributed by atoms with E-state index >= 15 is 0 Å². The summed E-state index contributed by atoms with van der Waals surface area (Å²) < 4.78 is 37.8. The monoisotopic (exact) mass is 288 g/mol. The molecule has 0 saturated heterocycles. The predicted molar refractivity (Wildman–Crippen MR) is 70.9 cm³/mol. The molecule has 1 rings (SSSR count). The van der Waals surface area contributed by atoms with E-state index in [2.05, 4.69) is 5.32 Å². The number of hydrogen-bond donors (Lipinski definition) is 2. The van der Waals surface area contributed by atoms with Crippen molar-refractivity contribution in [3.8, 4) is 0 Å². The molecule has 20 heavy (non-hydrogen) atoms. The first-order chi connectivity index (χ1) is 9.25. The third-order valence-corrected chi connectivity index (χ3v) is 3.01. The van der Waals surface area contributed by atoms with Gasteiger partial charge in [0.2, 0.25) is 5.91 Å². The minimum Gasteiger partial charge on any atom is -0.348 e. The van der Waals surface area contributed by atoms with Crippen LogP contribution in [0.25, 0.3) is 0 Å². The lowest BCUT2D eigenvalue weighted by atomic mass is 10.0. The number of nitrogens with one attached hydrogen (secondary N) is 1. The Kier molecular flexibility index (Phi) is 5.56. The molecule has 0 fully saturated rings. The van der Waals surface area contributed by atoms with Crippen molar-refractivity contribution in [2.75, 3.05) is 0 Å². The Balaban J connectivity index is 2.78. The molecule has 0 aliphatic rings. The summed E-state index contributed by atoms with van der Waals surface area (Å²) in [5.74, 6) is -0.350. The molecule has 6 heteroatoms. The van der Waals surface area contributed by atoms with Gasteiger partial charge in [-0.3, -0.25) is 4.79 Å². The number of halogens is 3. The van der Waals surface area contributed by atoms with E-state index < -0.39 is 23.8 Å². The molecule has 0 aromatic heterocycles. The fourth-order valence-electron chi connectivity index (χ4n) is 1.83. The van der Waals surface area contributed by atoms with Gasteiger partial charge in [0.15, 0.2) is 0 Å². The fraction of sp³-hybridized carbons (Fsp3) is 0.500. The number of hydrogen-bond acceptors (Lipinski definition) is 2. The second-order valence-electron chi connectivity index (χ2n) is 4.75. The quantitative estimate of drug-likeness (QED) is 0.875. The number of rotatable bonds is 5. The van der Waals surface area contributed by atoms with Crippen LogP contribution in [0, 0.1) is 0 Å². The molecule has 1 aromatic rings. The van der Waals surface area contributed by atoms with Gasteiger partial charge < -0.3 is 11.1 Å². The average Bonchev–Trinajstić information content (AvgIpc) is 2.38. The Bertz CT molecular complexity index is 460. The van der Waals surface area contributed by atoms with E-state index in [1.807, 2.05) is 6.92 Å². The third kappa shape index (κ3) is 4.52. The largest absolute Gasteiger partial charge is 0.416 e. The molecule has 1 amide bonds. The zero-order valence-electron chi connectivity index (χ0n) is 11.5. The van der Waals surface area contributed by atoms with Gasteiger partial charge in [-0.25, -0.2) is 0 Å². The Morgan fingerprint density at radius 2 is 2.05 bits per heavy atom. The number of carbonyl (C=O) groups excluding carboxylic acids is 1. The molecule has 3 N–H and O–H groups in total. The van der Waals surface area contributed by atoms with E-state index in [1.54, 1.807) is 13.0 Å². The normalized spacial score (nSPS) is 14.7. The standard InChI is InChI=1S/C14H19F3N2O/c1-3-5-12(18)13(20)19-9(2)10-6-4-7-11(8-10)14(15,16)17/h4,6-9,12H,3,5,18H2,1-2H3,(H,19,20)/t9?,12-/m0/s1. The van der Waals surface area contributed by atoms with Crippen LogP contribution in [-0.2, 0) is 11.0 Å². The first-order valence-electron chi connectivity index (χ1n) is 6.48. The highest BCUT2D eigenvalue weighted by atomic mass is 19.4. The molecule has 0 heterocycles. The fourth-order valence-corrected chi connectivity index (χ4v) is 1.83. The highest BCUT2D eigenvalue weighted by Gasteiger charge is 2.30. The van der Waals surface area contributed by atoms with Crippen LogP contribution in [0.15, 0.2) is 24.3 Å². The first-order valence-corrected chi connectivity index (χ1v) is 6.48. The van der Waals surface area contributed by atoms with Gasteiger partial charge in [-0.1, -0.05) is 25.5 Å². The zero-order chi connectivity index (χ0) is 15.3. The summed E-state index contributed by atoms with van der Waals surface area (Å²) in [6, 6.07) is 3.76. The maximum atomic E-state index is 12.6. The van der Waals surface area contributed by atoms with Crippen LogP contribution in [0.1, 0.15) is 43.9 Å². The van der Waals surface area contributed by atoms with Crippen molar-refractivity contribution in [2.24, 2.45) is 5.73 Å². The summed E-state index contributed by atoms with van der Waals surface area (Å²) in [5, 5.41) is 2.63. The third-order valence-electron chi connectivity index (χ3n) is 3.01. The van der Waals surface area contributed by atoms with Crippen LogP contribution in [0.2, 0.25) is 0 Å². The highest BCUT2D eigenvalue weighted by molar-refractivity contribution is 5.81. The Morgan fingerprint density at radius 1 is 1.40 bits per heavy atom. The van der Waals surface area contributed by atoms with Crippen molar-refractivity contribution in [1.82, 2.24) is 5.32 Å². The van der Waals surface area contributed by atoms with Crippen LogP contribution in [0.3, 0.4) is 0 Å². The summed E-state index contributed by atoms with van der Waals surface area (Å²) >= 11 is 0. The minimum atomic E-state index is -4.39. The predicted octanol–water partition coefficient (Wildman–Crippen LogP) is 3.01. The molecule has 2 atom stereocenters. The summed E-state index contributed by atoms with van der Waals surface area (Å²) in [6.07, 6.45) is -3.08. The van der Waals surface area contributed by atoms with Gasteiger partial charge in [0.05, 0.1) is 17.6 Å². The molecule has 3 nitrogen and oxygen atoms in total. The Hall–Kier alpha value is -1.56. The molecule has 0 saturated carbocycles. The molecule has 0 spiro atoms. The Morgan fingerprint density at radius 3 is 2.60 bits per heavy atom. The van der Waals surface area contributed by atoms with Gasteiger partial charge in [-0.15, -0.1) is 0 Å². The maximum absolute atomic E-state index is 12.6. The molecule has 0 aliphatic carbocycles. The summed E-state index contributed by atoms with van der Waals surface area (Å²) in [5.41, 5.74) is 5.33. The number of benzene rings is 1. The van der Waals surface area contributed by atoms with E-state index in [4.69, 9.17) is 5.73 Å². The van der Waals surface area contributed by atoms with Crippen molar-refractivity contribution in [2.45, 2.75) is 44.9 Å². The number of carbonyl (C=O) groups is 1. The molecule has 1 unspecified atom stereocenters. The van der Waals surface area contributed by atoms with Gasteiger partial charge >= 0.3 is 6.18 Å². The number of nitrogens with two attached hydrogens (primary N) is 1. The van der Waals surface area contributed by atoms with Gasteiger partial charge in [0.1, 0.15) is 0 Å². The Labute approximate surface area is 116 Å². The minimum absolute atomic E-state index is 0.350. The second-order valence-corrected chi connectivity index (χ2v) is 4.75. The van der Waals surface area contributed by atoms with Crippen molar-refractivity contribution in [3.63, 3.8) is 0 Å². The van der Waals surface area contributed by atoms with E-state index in [1.165, 1.54) is 6.07 Å². The summed E-state index contributed by atoms with van der Waals surface area (Å²) in [4.78, 5) is 11.7. The van der Waals surface area contributed by atoms with Crippen molar-refractivity contribution < 1.29 is 18.0 Å².